The summed E-state index contributed by atoms with van der Waals surface area (Å²) in [6.45, 7) is 5.28. The summed E-state index contributed by atoms with van der Waals surface area (Å²) < 4.78 is 2.38. The summed E-state index contributed by atoms with van der Waals surface area (Å²) in [6, 6.07) is 4.71. The van der Waals surface area contributed by atoms with Crippen molar-refractivity contribution in [2.45, 2.75) is 19.9 Å². The zero-order valence-electron chi connectivity index (χ0n) is 9.59. The summed E-state index contributed by atoms with van der Waals surface area (Å²) >= 11 is 10.6. The number of aryl methyl sites for hydroxylation is 1. The van der Waals surface area contributed by atoms with Gasteiger partial charge in [-0.25, -0.2) is 0 Å². The molecule has 0 aliphatic heterocycles. The first-order valence-electron chi connectivity index (χ1n) is 5.35. The Balaban J connectivity index is 2.38. The van der Waals surface area contributed by atoms with Gasteiger partial charge in [0.25, 0.3) is 0 Å². The van der Waals surface area contributed by atoms with Crippen LogP contribution in [0, 0.1) is 6.92 Å². The summed E-state index contributed by atoms with van der Waals surface area (Å²) in [5.74, 6) is 0. The van der Waals surface area contributed by atoms with Crippen molar-refractivity contribution in [2.24, 2.45) is 0 Å². The van der Waals surface area contributed by atoms with E-state index in [-0.39, 0.29) is 0 Å². The predicted molar refractivity (Wildman–Crippen MR) is 84.3 cm³/mol. The van der Waals surface area contributed by atoms with Crippen LogP contribution in [0.1, 0.15) is 29.0 Å². The van der Waals surface area contributed by atoms with E-state index in [0.717, 1.165) is 6.54 Å². The van der Waals surface area contributed by atoms with Crippen molar-refractivity contribution in [1.29, 1.82) is 0 Å². The molecule has 1 atom stereocenters. The molecule has 2 rings (SSSR count). The van der Waals surface area contributed by atoms with Gasteiger partial charge in [0, 0.05) is 4.88 Å². The Morgan fingerprint density at radius 2 is 2.06 bits per heavy atom. The van der Waals surface area contributed by atoms with Crippen molar-refractivity contribution in [2.75, 3.05) is 6.54 Å². The molecule has 2 aromatic heterocycles. The summed E-state index contributed by atoms with van der Waals surface area (Å²) in [4.78, 5) is 1.37. The maximum absolute atomic E-state index is 3.56. The lowest BCUT2D eigenvalue weighted by Gasteiger charge is -2.16. The van der Waals surface area contributed by atoms with Gasteiger partial charge in [-0.05, 0) is 74.0 Å². The maximum atomic E-state index is 3.56. The van der Waals surface area contributed by atoms with Crippen LogP contribution in [-0.4, -0.2) is 6.54 Å². The minimum absolute atomic E-state index is 0.296. The van der Waals surface area contributed by atoms with Gasteiger partial charge in [0.2, 0.25) is 0 Å². The molecule has 0 saturated carbocycles. The Morgan fingerprint density at radius 1 is 1.29 bits per heavy atom. The van der Waals surface area contributed by atoms with Crippen LogP contribution in [0.2, 0.25) is 0 Å². The van der Waals surface area contributed by atoms with Crippen molar-refractivity contribution >= 4 is 54.5 Å². The zero-order chi connectivity index (χ0) is 12.4. The van der Waals surface area contributed by atoms with Crippen molar-refractivity contribution in [3.63, 3.8) is 0 Å². The van der Waals surface area contributed by atoms with Gasteiger partial charge < -0.3 is 5.32 Å². The fourth-order valence-corrected chi connectivity index (χ4v) is 4.78. The molecule has 17 heavy (non-hydrogen) atoms. The van der Waals surface area contributed by atoms with E-state index in [2.05, 4.69) is 68.5 Å². The molecule has 0 bridgehead atoms. The summed E-state index contributed by atoms with van der Waals surface area (Å²) in [5, 5.41) is 5.77. The quantitative estimate of drug-likeness (QED) is 0.737. The third kappa shape index (κ3) is 3.20. The van der Waals surface area contributed by atoms with Crippen LogP contribution < -0.4 is 5.32 Å². The van der Waals surface area contributed by atoms with Crippen LogP contribution in [0.3, 0.4) is 0 Å². The molecule has 0 aromatic carbocycles. The van der Waals surface area contributed by atoms with Crippen LogP contribution in [0.4, 0.5) is 0 Å². The first kappa shape index (κ1) is 13.7. The smallest absolute Gasteiger partial charge is 0.0704 e. The number of thiophene rings is 2. The molecule has 5 heteroatoms. The highest BCUT2D eigenvalue weighted by atomic mass is 79.9. The van der Waals surface area contributed by atoms with Gasteiger partial charge in [-0.3, -0.25) is 0 Å². The van der Waals surface area contributed by atoms with Crippen molar-refractivity contribution < 1.29 is 0 Å². The molecule has 0 amide bonds. The van der Waals surface area contributed by atoms with Gasteiger partial charge in [0.15, 0.2) is 0 Å². The number of halogens is 2. The Morgan fingerprint density at radius 3 is 2.53 bits per heavy atom. The normalized spacial score (nSPS) is 12.9. The van der Waals surface area contributed by atoms with Crippen LogP contribution in [0.5, 0.6) is 0 Å². The lowest BCUT2D eigenvalue weighted by atomic mass is 10.0. The monoisotopic (exact) mass is 393 g/mol. The highest BCUT2D eigenvalue weighted by molar-refractivity contribution is 9.11. The standard InChI is InChI=1S/C12H13Br2NS2/c1-3-15-12(8-4-10(13)16-6-8)9-5-11(14)17-7(9)2/h4-6,12,15H,3H2,1-2H3. The van der Waals surface area contributed by atoms with Gasteiger partial charge in [-0.15, -0.1) is 22.7 Å². The molecular weight excluding hydrogens is 382 g/mol. The number of nitrogens with one attached hydrogen (secondary N) is 1. The van der Waals surface area contributed by atoms with Gasteiger partial charge in [0.1, 0.15) is 0 Å². The average molecular weight is 395 g/mol. The topological polar surface area (TPSA) is 12.0 Å². The van der Waals surface area contributed by atoms with E-state index in [4.69, 9.17) is 0 Å². The second-order valence-electron chi connectivity index (χ2n) is 3.74. The molecule has 1 unspecified atom stereocenters. The fourth-order valence-electron chi connectivity index (χ4n) is 1.83. The Kier molecular flexibility index (Phi) is 4.83. The largest absolute Gasteiger partial charge is 0.306 e. The lowest BCUT2D eigenvalue weighted by molar-refractivity contribution is 0.631. The SMILES string of the molecule is CCNC(c1csc(Br)c1)c1cc(Br)sc1C. The molecule has 1 nitrogen and oxygen atoms in total. The number of hydrogen-bond acceptors (Lipinski definition) is 3. The van der Waals surface area contributed by atoms with Gasteiger partial charge in [-0.1, -0.05) is 6.92 Å². The third-order valence-corrected chi connectivity index (χ3v) is 5.66. The molecule has 0 radical (unpaired) electrons. The average Bonchev–Trinajstić information content (AvgIpc) is 2.82. The molecule has 2 aromatic rings. The third-order valence-electron chi connectivity index (χ3n) is 2.57. The van der Waals surface area contributed by atoms with Crippen LogP contribution >= 0.6 is 54.5 Å². The number of hydrogen-bond donors (Lipinski definition) is 1. The van der Waals surface area contributed by atoms with E-state index >= 15 is 0 Å². The first-order valence-corrected chi connectivity index (χ1v) is 8.63. The van der Waals surface area contributed by atoms with Crippen molar-refractivity contribution in [3.8, 4) is 0 Å². The maximum Gasteiger partial charge on any atom is 0.0704 e. The van der Waals surface area contributed by atoms with Gasteiger partial charge in [-0.2, -0.15) is 0 Å². The van der Waals surface area contributed by atoms with Crippen molar-refractivity contribution in [3.05, 3.63) is 41.1 Å². The van der Waals surface area contributed by atoms with E-state index in [1.807, 2.05) is 0 Å². The minimum Gasteiger partial charge on any atom is -0.306 e. The second-order valence-corrected chi connectivity index (χ2v) is 8.66. The Labute approximate surface area is 127 Å². The molecule has 2 heterocycles. The molecule has 0 aliphatic rings. The highest BCUT2D eigenvalue weighted by Gasteiger charge is 2.18. The highest BCUT2D eigenvalue weighted by Crippen LogP contribution is 2.35. The molecule has 92 valence electrons. The molecule has 0 spiro atoms. The van der Waals surface area contributed by atoms with E-state index in [9.17, 15) is 0 Å². The Hall–Kier alpha value is 0.320. The fraction of sp³-hybridized carbons (Fsp3) is 0.333. The summed E-state index contributed by atoms with van der Waals surface area (Å²) in [5.41, 5.74) is 2.70. The second kappa shape index (κ2) is 5.97. The summed E-state index contributed by atoms with van der Waals surface area (Å²) in [7, 11) is 0. The number of rotatable bonds is 4. The first-order chi connectivity index (χ1) is 8.11. The zero-order valence-corrected chi connectivity index (χ0v) is 14.4. The van der Waals surface area contributed by atoms with Gasteiger partial charge in [0.05, 0.1) is 13.6 Å². The predicted octanol–water partition coefficient (Wildman–Crippen LogP) is 5.34. The lowest BCUT2D eigenvalue weighted by Crippen LogP contribution is -2.21. The van der Waals surface area contributed by atoms with E-state index in [1.54, 1.807) is 22.7 Å². The van der Waals surface area contributed by atoms with Crippen LogP contribution in [0.25, 0.3) is 0 Å². The molecular formula is C12H13Br2NS2. The van der Waals surface area contributed by atoms with Crippen molar-refractivity contribution in [1.82, 2.24) is 5.32 Å². The molecule has 1 N–H and O–H groups in total. The van der Waals surface area contributed by atoms with E-state index < -0.39 is 0 Å². The molecule has 0 fully saturated rings. The van der Waals surface area contributed by atoms with Gasteiger partial charge >= 0.3 is 0 Å². The van der Waals surface area contributed by atoms with E-state index in [0.29, 0.717) is 6.04 Å². The Bertz CT molecular complexity index is 504. The molecule has 0 saturated heterocycles. The summed E-state index contributed by atoms with van der Waals surface area (Å²) in [6.07, 6.45) is 0. The molecule has 0 aliphatic carbocycles. The van der Waals surface area contributed by atoms with E-state index in [1.165, 1.54) is 23.6 Å². The minimum atomic E-state index is 0.296. The van der Waals surface area contributed by atoms with Crippen LogP contribution in [0.15, 0.2) is 25.1 Å². The van der Waals surface area contributed by atoms with Crippen LogP contribution in [-0.2, 0) is 0 Å².